The monoisotopic (exact) mass is 250 g/mol. The topological polar surface area (TPSA) is 52.6 Å². The number of carbonyl (C=O) groups excluding carboxylic acids is 2. The smallest absolute Gasteiger partial charge is 0.330 e. The van der Waals surface area contributed by atoms with Crippen molar-refractivity contribution in [2.45, 2.75) is 25.9 Å². The lowest BCUT2D eigenvalue weighted by Crippen LogP contribution is -2.06. The van der Waals surface area contributed by atoms with Crippen LogP contribution < -0.4 is 0 Å². The van der Waals surface area contributed by atoms with Crippen LogP contribution in [0, 0.1) is 5.92 Å². The summed E-state index contributed by atoms with van der Waals surface area (Å²) in [6, 6.07) is 0. The summed E-state index contributed by atoms with van der Waals surface area (Å²) in [4.78, 5) is 22.6. The molecule has 0 aromatic rings. The summed E-state index contributed by atoms with van der Waals surface area (Å²) in [6.07, 6.45) is 9.13. The van der Waals surface area contributed by atoms with Gasteiger partial charge in [-0.25, -0.2) is 4.79 Å². The Balaban J connectivity index is 2.43. The molecule has 4 heteroatoms. The minimum absolute atomic E-state index is 0.141. The highest BCUT2D eigenvalue weighted by molar-refractivity contribution is 5.82. The van der Waals surface area contributed by atoms with Gasteiger partial charge >= 0.3 is 11.9 Å². The van der Waals surface area contributed by atoms with Gasteiger partial charge in [-0.05, 0) is 19.4 Å². The van der Waals surface area contributed by atoms with E-state index in [1.165, 1.54) is 6.08 Å². The molecule has 0 aromatic heterocycles. The van der Waals surface area contributed by atoms with E-state index in [0.717, 1.165) is 0 Å². The fourth-order valence-corrected chi connectivity index (χ4v) is 1.70. The second kappa shape index (κ2) is 7.48. The molecule has 1 heterocycles. The minimum Gasteiger partial charge on any atom is -0.463 e. The molecule has 1 aliphatic rings. The summed E-state index contributed by atoms with van der Waals surface area (Å²) in [5, 5.41) is 0. The lowest BCUT2D eigenvalue weighted by molar-refractivity contribution is -0.143. The van der Waals surface area contributed by atoms with Crippen molar-refractivity contribution >= 4 is 11.9 Å². The molecule has 0 N–H and O–H groups in total. The predicted molar refractivity (Wildman–Crippen MR) is 67.7 cm³/mol. The molecule has 0 unspecified atom stereocenters. The molecule has 0 spiro atoms. The molecule has 98 valence electrons. The first-order chi connectivity index (χ1) is 8.67. The zero-order chi connectivity index (χ0) is 13.4. The number of cyclic esters (lactones) is 1. The lowest BCUT2D eigenvalue weighted by atomic mass is 10.0. The molecule has 18 heavy (non-hydrogen) atoms. The molecule has 2 atom stereocenters. The maximum atomic E-state index is 11.5. The largest absolute Gasteiger partial charge is 0.463 e. The van der Waals surface area contributed by atoms with Crippen LogP contribution >= 0.6 is 0 Å². The Morgan fingerprint density at radius 3 is 3.06 bits per heavy atom. The summed E-state index contributed by atoms with van der Waals surface area (Å²) in [7, 11) is 0. The second-order valence-corrected chi connectivity index (χ2v) is 3.92. The van der Waals surface area contributed by atoms with Gasteiger partial charge < -0.3 is 9.47 Å². The van der Waals surface area contributed by atoms with E-state index in [1.54, 1.807) is 25.2 Å². The Kier molecular flexibility index (Phi) is 5.91. The molecule has 0 bridgehead atoms. The highest BCUT2D eigenvalue weighted by atomic mass is 16.6. The third-order valence-corrected chi connectivity index (χ3v) is 2.54. The van der Waals surface area contributed by atoms with Gasteiger partial charge in [-0.15, -0.1) is 0 Å². The number of allylic oxidation sites excluding steroid dienone is 3. The SMILES string of the molecule is C=C/C=C/C[C@H]1C[C@@H](/C=C/C(=O)OCC)OC1=O. The molecule has 0 amide bonds. The number of ether oxygens (including phenoxy) is 2. The summed E-state index contributed by atoms with van der Waals surface area (Å²) < 4.78 is 9.89. The van der Waals surface area contributed by atoms with Crippen LogP contribution in [0.3, 0.4) is 0 Å². The van der Waals surface area contributed by atoms with Crippen LogP contribution in [0.5, 0.6) is 0 Å². The zero-order valence-electron chi connectivity index (χ0n) is 10.5. The maximum absolute atomic E-state index is 11.5. The molecule has 0 saturated carbocycles. The van der Waals surface area contributed by atoms with Gasteiger partial charge in [0, 0.05) is 12.5 Å². The van der Waals surface area contributed by atoms with E-state index >= 15 is 0 Å². The fraction of sp³-hybridized carbons (Fsp3) is 0.429. The van der Waals surface area contributed by atoms with Gasteiger partial charge in [-0.3, -0.25) is 4.79 Å². The maximum Gasteiger partial charge on any atom is 0.330 e. The number of hydrogen-bond acceptors (Lipinski definition) is 4. The van der Waals surface area contributed by atoms with Crippen molar-refractivity contribution < 1.29 is 19.1 Å². The van der Waals surface area contributed by atoms with Crippen LogP contribution in [0.15, 0.2) is 37.0 Å². The average molecular weight is 250 g/mol. The predicted octanol–water partition coefficient (Wildman–Crippen LogP) is 2.17. The van der Waals surface area contributed by atoms with Gasteiger partial charge in [0.15, 0.2) is 0 Å². The standard InChI is InChI=1S/C14H18O4/c1-3-5-6-7-11-10-12(18-14(11)16)8-9-13(15)17-4-2/h3,5-6,8-9,11-12H,1,4,7,10H2,2H3/b6-5+,9-8+/t11-,12+/m0/s1. The van der Waals surface area contributed by atoms with Crippen molar-refractivity contribution in [3.05, 3.63) is 37.0 Å². The molecule has 4 nitrogen and oxygen atoms in total. The van der Waals surface area contributed by atoms with Crippen molar-refractivity contribution in [1.82, 2.24) is 0 Å². The molecule has 0 aromatic carbocycles. The molecule has 1 rings (SSSR count). The first-order valence-corrected chi connectivity index (χ1v) is 6.00. The van der Waals surface area contributed by atoms with Crippen molar-refractivity contribution in [2.75, 3.05) is 6.61 Å². The Labute approximate surface area is 107 Å². The molecule has 0 radical (unpaired) electrons. The van der Waals surface area contributed by atoms with E-state index in [9.17, 15) is 9.59 Å². The third-order valence-electron chi connectivity index (χ3n) is 2.54. The van der Waals surface area contributed by atoms with Crippen molar-refractivity contribution in [2.24, 2.45) is 5.92 Å². The quantitative estimate of drug-likeness (QED) is 0.412. The highest BCUT2D eigenvalue weighted by Gasteiger charge is 2.31. The molecule has 1 fully saturated rings. The zero-order valence-corrected chi connectivity index (χ0v) is 10.5. The molecule has 1 saturated heterocycles. The summed E-state index contributed by atoms with van der Waals surface area (Å²) >= 11 is 0. The lowest BCUT2D eigenvalue weighted by Gasteiger charge is -2.01. The highest BCUT2D eigenvalue weighted by Crippen LogP contribution is 2.25. The third kappa shape index (κ3) is 4.57. The van der Waals surface area contributed by atoms with Crippen molar-refractivity contribution in [3.63, 3.8) is 0 Å². The van der Waals surface area contributed by atoms with Crippen LogP contribution in [0.25, 0.3) is 0 Å². The number of hydrogen-bond donors (Lipinski definition) is 0. The van der Waals surface area contributed by atoms with E-state index in [1.807, 2.05) is 6.08 Å². The summed E-state index contributed by atoms with van der Waals surface area (Å²) in [5.74, 6) is -0.774. The number of esters is 2. The summed E-state index contributed by atoms with van der Waals surface area (Å²) in [5.41, 5.74) is 0. The Bertz CT molecular complexity index is 368. The van der Waals surface area contributed by atoms with Crippen molar-refractivity contribution in [3.8, 4) is 0 Å². The Hall–Kier alpha value is -1.84. The fourth-order valence-electron chi connectivity index (χ4n) is 1.70. The van der Waals surface area contributed by atoms with Crippen LogP contribution in [-0.4, -0.2) is 24.6 Å². The minimum atomic E-state index is -0.413. The van der Waals surface area contributed by atoms with Gasteiger partial charge in [-0.2, -0.15) is 0 Å². The molecular weight excluding hydrogens is 232 g/mol. The number of rotatable bonds is 6. The first kappa shape index (κ1) is 14.2. The summed E-state index contributed by atoms with van der Waals surface area (Å²) in [6.45, 7) is 5.63. The first-order valence-electron chi connectivity index (χ1n) is 6.00. The van der Waals surface area contributed by atoms with Gasteiger partial charge in [0.05, 0.1) is 12.5 Å². The molecular formula is C14H18O4. The van der Waals surface area contributed by atoms with Gasteiger partial charge in [0.1, 0.15) is 6.10 Å². The van der Waals surface area contributed by atoms with Gasteiger partial charge in [-0.1, -0.05) is 24.8 Å². The Morgan fingerprint density at radius 1 is 1.61 bits per heavy atom. The molecule has 1 aliphatic heterocycles. The molecule has 0 aliphatic carbocycles. The Morgan fingerprint density at radius 2 is 2.39 bits per heavy atom. The van der Waals surface area contributed by atoms with E-state index < -0.39 is 5.97 Å². The number of carbonyl (C=O) groups is 2. The van der Waals surface area contributed by atoms with E-state index in [0.29, 0.717) is 19.4 Å². The normalized spacial score (nSPS) is 23.5. The van der Waals surface area contributed by atoms with E-state index in [-0.39, 0.29) is 18.0 Å². The van der Waals surface area contributed by atoms with Crippen LogP contribution in [0.1, 0.15) is 19.8 Å². The van der Waals surface area contributed by atoms with Crippen LogP contribution in [-0.2, 0) is 19.1 Å². The van der Waals surface area contributed by atoms with E-state index in [4.69, 9.17) is 9.47 Å². The average Bonchev–Trinajstić information content (AvgIpc) is 2.69. The van der Waals surface area contributed by atoms with Crippen LogP contribution in [0.2, 0.25) is 0 Å². The van der Waals surface area contributed by atoms with E-state index in [2.05, 4.69) is 6.58 Å². The van der Waals surface area contributed by atoms with Crippen molar-refractivity contribution in [1.29, 1.82) is 0 Å². The second-order valence-electron chi connectivity index (χ2n) is 3.92. The van der Waals surface area contributed by atoms with Gasteiger partial charge in [0.2, 0.25) is 0 Å². The van der Waals surface area contributed by atoms with Crippen LogP contribution in [0.4, 0.5) is 0 Å². The van der Waals surface area contributed by atoms with Gasteiger partial charge in [0.25, 0.3) is 0 Å².